The molecule has 0 aliphatic heterocycles. The number of carbonyl (C=O) groups excluding carboxylic acids is 1. The molecule has 0 radical (unpaired) electrons. The Morgan fingerprint density at radius 2 is 1.81 bits per heavy atom. The first-order chi connectivity index (χ1) is 10.0. The lowest BCUT2D eigenvalue weighted by atomic mass is 10.2. The van der Waals surface area contributed by atoms with E-state index in [-0.39, 0.29) is 12.5 Å². The van der Waals surface area contributed by atoms with Gasteiger partial charge in [0.1, 0.15) is 0 Å². The Kier molecular flexibility index (Phi) is 5.22. The fraction of sp³-hybridized carbons (Fsp3) is 0.188. The molecule has 21 heavy (non-hydrogen) atoms. The molecular formula is C16H18BrN3O. The molecule has 4 nitrogen and oxygen atoms in total. The first-order valence-corrected chi connectivity index (χ1v) is 7.40. The number of benzene rings is 2. The van der Waals surface area contributed by atoms with Crippen LogP contribution in [0.25, 0.3) is 0 Å². The number of carbonyl (C=O) groups is 1. The molecule has 110 valence electrons. The Morgan fingerprint density at radius 3 is 2.43 bits per heavy atom. The second-order valence-corrected chi connectivity index (χ2v) is 5.77. The molecule has 1 amide bonds. The predicted molar refractivity (Wildman–Crippen MR) is 92.0 cm³/mol. The van der Waals surface area contributed by atoms with E-state index in [4.69, 9.17) is 0 Å². The van der Waals surface area contributed by atoms with Crippen LogP contribution in [0.5, 0.6) is 0 Å². The number of nitrogens with one attached hydrogen (secondary N) is 2. The average molecular weight is 348 g/mol. The molecule has 0 aliphatic carbocycles. The summed E-state index contributed by atoms with van der Waals surface area (Å²) in [5.41, 5.74) is 2.82. The molecule has 0 aliphatic rings. The first kappa shape index (κ1) is 15.4. The van der Waals surface area contributed by atoms with Crippen LogP contribution in [0.15, 0.2) is 53.0 Å². The van der Waals surface area contributed by atoms with Gasteiger partial charge in [0.05, 0.1) is 6.54 Å². The van der Waals surface area contributed by atoms with Crippen LogP contribution < -0.4 is 15.5 Å². The lowest BCUT2D eigenvalue weighted by Gasteiger charge is -2.13. The molecule has 2 rings (SSSR count). The standard InChI is InChI=1S/C16H18BrN3O/c1-20(2)15-8-6-13(7-9-15)18-11-16(21)19-14-5-3-4-12(17)10-14/h3-10,18H,11H2,1-2H3,(H,19,21). The summed E-state index contributed by atoms with van der Waals surface area (Å²) in [7, 11) is 3.99. The minimum absolute atomic E-state index is 0.0789. The first-order valence-electron chi connectivity index (χ1n) is 6.61. The molecule has 0 heterocycles. The molecule has 0 bridgehead atoms. The zero-order valence-corrected chi connectivity index (χ0v) is 13.6. The summed E-state index contributed by atoms with van der Waals surface area (Å²) < 4.78 is 0.938. The van der Waals surface area contributed by atoms with Gasteiger partial charge >= 0.3 is 0 Å². The summed E-state index contributed by atoms with van der Waals surface area (Å²) in [5, 5.41) is 5.95. The van der Waals surface area contributed by atoms with Crippen molar-refractivity contribution in [1.29, 1.82) is 0 Å². The maximum absolute atomic E-state index is 11.9. The van der Waals surface area contributed by atoms with Crippen molar-refractivity contribution in [2.75, 3.05) is 36.2 Å². The highest BCUT2D eigenvalue weighted by Crippen LogP contribution is 2.17. The van der Waals surface area contributed by atoms with Crippen molar-refractivity contribution in [2.24, 2.45) is 0 Å². The lowest BCUT2D eigenvalue weighted by Crippen LogP contribution is -2.21. The molecule has 0 atom stereocenters. The fourth-order valence-corrected chi connectivity index (χ4v) is 2.23. The van der Waals surface area contributed by atoms with Gasteiger partial charge in [0.2, 0.25) is 5.91 Å². The third-order valence-electron chi connectivity index (χ3n) is 2.95. The molecule has 0 saturated heterocycles. The summed E-state index contributed by atoms with van der Waals surface area (Å²) in [6.45, 7) is 0.230. The number of hydrogen-bond acceptors (Lipinski definition) is 3. The van der Waals surface area contributed by atoms with E-state index in [1.807, 2.05) is 67.5 Å². The van der Waals surface area contributed by atoms with Crippen LogP contribution in [0.3, 0.4) is 0 Å². The Morgan fingerprint density at radius 1 is 1.10 bits per heavy atom. The van der Waals surface area contributed by atoms with Gasteiger partial charge in [-0.15, -0.1) is 0 Å². The van der Waals surface area contributed by atoms with Crippen LogP contribution >= 0.6 is 15.9 Å². The molecule has 0 fully saturated rings. The van der Waals surface area contributed by atoms with Crippen LogP contribution in [0.4, 0.5) is 17.1 Å². The second kappa shape index (κ2) is 7.13. The van der Waals surface area contributed by atoms with Crippen LogP contribution in [-0.2, 0) is 4.79 Å². The van der Waals surface area contributed by atoms with E-state index in [9.17, 15) is 4.79 Å². The highest BCUT2D eigenvalue weighted by molar-refractivity contribution is 9.10. The van der Waals surface area contributed by atoms with Crippen molar-refractivity contribution in [3.8, 4) is 0 Å². The minimum Gasteiger partial charge on any atom is -0.378 e. The molecule has 2 aromatic rings. The molecule has 0 saturated carbocycles. The van der Waals surface area contributed by atoms with Gasteiger partial charge in [-0.2, -0.15) is 0 Å². The Bertz CT molecular complexity index is 611. The number of amides is 1. The monoisotopic (exact) mass is 347 g/mol. The van der Waals surface area contributed by atoms with E-state index >= 15 is 0 Å². The Hall–Kier alpha value is -2.01. The summed E-state index contributed by atoms with van der Waals surface area (Å²) in [4.78, 5) is 13.9. The van der Waals surface area contributed by atoms with Gasteiger partial charge in [-0.25, -0.2) is 0 Å². The topological polar surface area (TPSA) is 44.4 Å². The fourth-order valence-electron chi connectivity index (χ4n) is 1.83. The van der Waals surface area contributed by atoms with Crippen molar-refractivity contribution in [3.05, 3.63) is 53.0 Å². The average Bonchev–Trinajstić information content (AvgIpc) is 2.45. The molecule has 0 spiro atoms. The molecule has 2 N–H and O–H groups in total. The number of halogens is 1. The van der Waals surface area contributed by atoms with E-state index in [1.54, 1.807) is 0 Å². The van der Waals surface area contributed by atoms with E-state index in [0.717, 1.165) is 21.5 Å². The quantitative estimate of drug-likeness (QED) is 0.868. The highest BCUT2D eigenvalue weighted by Gasteiger charge is 2.03. The summed E-state index contributed by atoms with van der Waals surface area (Å²) in [6, 6.07) is 15.5. The SMILES string of the molecule is CN(C)c1ccc(NCC(=O)Nc2cccc(Br)c2)cc1. The van der Waals surface area contributed by atoms with Crippen molar-refractivity contribution in [2.45, 2.75) is 0 Å². The van der Waals surface area contributed by atoms with Crippen LogP contribution in [0.1, 0.15) is 0 Å². The smallest absolute Gasteiger partial charge is 0.243 e. The van der Waals surface area contributed by atoms with Crippen molar-refractivity contribution < 1.29 is 4.79 Å². The van der Waals surface area contributed by atoms with Crippen molar-refractivity contribution in [3.63, 3.8) is 0 Å². The number of hydrogen-bond donors (Lipinski definition) is 2. The summed E-state index contributed by atoms with van der Waals surface area (Å²) in [5.74, 6) is -0.0789. The van der Waals surface area contributed by atoms with Gasteiger partial charge < -0.3 is 15.5 Å². The maximum atomic E-state index is 11.9. The minimum atomic E-state index is -0.0789. The predicted octanol–water partition coefficient (Wildman–Crippen LogP) is 3.57. The van der Waals surface area contributed by atoms with Gasteiger partial charge in [0.15, 0.2) is 0 Å². The van der Waals surface area contributed by atoms with Gasteiger partial charge in [0, 0.05) is 35.6 Å². The van der Waals surface area contributed by atoms with Gasteiger partial charge in [0.25, 0.3) is 0 Å². The number of rotatable bonds is 5. The Balaban J connectivity index is 1.86. The molecule has 5 heteroatoms. The third kappa shape index (κ3) is 4.79. The summed E-state index contributed by atoms with van der Waals surface area (Å²) >= 11 is 3.38. The van der Waals surface area contributed by atoms with Crippen LogP contribution in [-0.4, -0.2) is 26.5 Å². The zero-order chi connectivity index (χ0) is 15.2. The van der Waals surface area contributed by atoms with Crippen LogP contribution in [0, 0.1) is 0 Å². The van der Waals surface area contributed by atoms with Gasteiger partial charge in [-0.1, -0.05) is 22.0 Å². The highest BCUT2D eigenvalue weighted by atomic mass is 79.9. The van der Waals surface area contributed by atoms with Crippen LogP contribution in [0.2, 0.25) is 0 Å². The van der Waals surface area contributed by atoms with Crippen molar-refractivity contribution in [1.82, 2.24) is 0 Å². The molecule has 2 aromatic carbocycles. The number of nitrogens with zero attached hydrogens (tertiary/aromatic N) is 1. The number of anilines is 3. The normalized spacial score (nSPS) is 10.0. The van der Waals surface area contributed by atoms with E-state index < -0.39 is 0 Å². The summed E-state index contributed by atoms with van der Waals surface area (Å²) in [6.07, 6.45) is 0. The largest absolute Gasteiger partial charge is 0.378 e. The maximum Gasteiger partial charge on any atom is 0.243 e. The molecular weight excluding hydrogens is 330 g/mol. The lowest BCUT2D eigenvalue weighted by molar-refractivity contribution is -0.114. The van der Waals surface area contributed by atoms with Gasteiger partial charge in [-0.3, -0.25) is 4.79 Å². The zero-order valence-electron chi connectivity index (χ0n) is 12.1. The Labute approximate surface area is 133 Å². The van der Waals surface area contributed by atoms with E-state index in [1.165, 1.54) is 0 Å². The molecule has 0 unspecified atom stereocenters. The van der Waals surface area contributed by atoms with E-state index in [0.29, 0.717) is 0 Å². The van der Waals surface area contributed by atoms with Crippen molar-refractivity contribution >= 4 is 38.9 Å². The van der Waals surface area contributed by atoms with E-state index in [2.05, 4.69) is 26.6 Å². The van der Waals surface area contributed by atoms with Gasteiger partial charge in [-0.05, 0) is 42.5 Å². The second-order valence-electron chi connectivity index (χ2n) is 4.85. The third-order valence-corrected chi connectivity index (χ3v) is 3.44. The molecule has 0 aromatic heterocycles.